The molecule has 0 N–H and O–H groups in total. The van der Waals surface area contributed by atoms with Gasteiger partial charge in [0.2, 0.25) is 5.91 Å². The summed E-state index contributed by atoms with van der Waals surface area (Å²) >= 11 is 0. The number of carbonyl (C=O) groups is 1. The first-order chi connectivity index (χ1) is 13.6. The van der Waals surface area contributed by atoms with E-state index in [0.717, 1.165) is 11.1 Å². The molecule has 28 heavy (non-hydrogen) atoms. The molecule has 2 aromatic carbocycles. The lowest BCUT2D eigenvalue weighted by Crippen LogP contribution is -2.57. The monoisotopic (exact) mass is 385 g/mol. The van der Waals surface area contributed by atoms with Crippen LogP contribution in [-0.2, 0) is 15.1 Å². The third-order valence-corrected chi connectivity index (χ3v) is 4.93. The molecule has 0 saturated carbocycles. The minimum atomic E-state index is -0.935. The van der Waals surface area contributed by atoms with Crippen LogP contribution in [0.15, 0.2) is 55.1 Å². The van der Waals surface area contributed by atoms with Crippen molar-refractivity contribution >= 4 is 5.91 Å². The highest BCUT2D eigenvalue weighted by atomic mass is 19.1. The Morgan fingerprint density at radius 3 is 2.61 bits per heavy atom. The summed E-state index contributed by atoms with van der Waals surface area (Å²) in [7, 11) is 1.57. The molecule has 5 nitrogen and oxygen atoms in total. The van der Waals surface area contributed by atoms with E-state index in [-0.39, 0.29) is 18.3 Å². The van der Waals surface area contributed by atoms with E-state index in [1.165, 1.54) is 18.2 Å². The number of hydrogen-bond donors (Lipinski definition) is 0. The Hall–Kier alpha value is -2.86. The van der Waals surface area contributed by atoms with Gasteiger partial charge in [-0.2, -0.15) is 0 Å². The zero-order valence-electron chi connectivity index (χ0n) is 16.1. The number of nitrogens with zero attached hydrogens (tertiary/aromatic N) is 1. The molecule has 6 heteroatoms. The molecule has 0 aliphatic carbocycles. The lowest BCUT2D eigenvalue weighted by molar-refractivity contribution is -0.141. The third-order valence-electron chi connectivity index (χ3n) is 4.93. The van der Waals surface area contributed by atoms with Gasteiger partial charge in [-0.3, -0.25) is 4.79 Å². The van der Waals surface area contributed by atoms with Crippen LogP contribution >= 0.6 is 0 Å². The van der Waals surface area contributed by atoms with E-state index in [4.69, 9.17) is 14.2 Å². The van der Waals surface area contributed by atoms with Crippen LogP contribution in [0.4, 0.5) is 4.39 Å². The topological polar surface area (TPSA) is 48.0 Å². The SMILES string of the molecule is C=CC(=O)N1CCOCC1(c1ccc(F)cc1)c1ccc(OC)c(OCC)c1. The van der Waals surface area contributed by atoms with Gasteiger partial charge in [0.05, 0.1) is 26.9 Å². The van der Waals surface area contributed by atoms with Crippen molar-refractivity contribution in [2.24, 2.45) is 0 Å². The maximum Gasteiger partial charge on any atom is 0.247 e. The van der Waals surface area contributed by atoms with Crippen LogP contribution in [0.3, 0.4) is 0 Å². The summed E-state index contributed by atoms with van der Waals surface area (Å²) in [6, 6.07) is 11.7. The van der Waals surface area contributed by atoms with Crippen LogP contribution in [-0.4, -0.2) is 44.3 Å². The van der Waals surface area contributed by atoms with E-state index < -0.39 is 5.54 Å². The van der Waals surface area contributed by atoms with Crippen molar-refractivity contribution in [3.63, 3.8) is 0 Å². The molecule has 148 valence electrons. The molecular formula is C22H24FNO4. The largest absolute Gasteiger partial charge is 0.493 e. The number of methoxy groups -OCH3 is 1. The van der Waals surface area contributed by atoms with Gasteiger partial charge in [-0.25, -0.2) is 4.39 Å². The van der Waals surface area contributed by atoms with Gasteiger partial charge < -0.3 is 19.1 Å². The van der Waals surface area contributed by atoms with Gasteiger partial charge in [-0.05, 0) is 48.4 Å². The fourth-order valence-electron chi connectivity index (χ4n) is 3.63. The predicted molar refractivity (Wildman–Crippen MR) is 104 cm³/mol. The molecule has 2 aromatic rings. The minimum absolute atomic E-state index is 0.221. The highest BCUT2D eigenvalue weighted by molar-refractivity contribution is 5.88. The smallest absolute Gasteiger partial charge is 0.247 e. The maximum atomic E-state index is 13.6. The van der Waals surface area contributed by atoms with Gasteiger partial charge in [0.25, 0.3) is 0 Å². The van der Waals surface area contributed by atoms with Crippen LogP contribution < -0.4 is 9.47 Å². The highest BCUT2D eigenvalue weighted by Crippen LogP contribution is 2.42. The third kappa shape index (κ3) is 3.47. The standard InChI is InChI=1S/C22H24FNO4/c1-4-21(25)24-12-13-27-15-22(24,16-6-9-18(23)10-7-16)17-8-11-19(26-3)20(14-17)28-5-2/h4,6-11,14H,1,5,12-13,15H2,2-3H3. The number of morpholine rings is 1. The van der Waals surface area contributed by atoms with Gasteiger partial charge >= 0.3 is 0 Å². The van der Waals surface area contributed by atoms with Crippen molar-refractivity contribution < 1.29 is 23.4 Å². The van der Waals surface area contributed by atoms with E-state index in [2.05, 4.69) is 6.58 Å². The molecule has 1 amide bonds. The van der Waals surface area contributed by atoms with Crippen LogP contribution in [0.5, 0.6) is 11.5 Å². The Labute approximate surface area is 164 Å². The van der Waals surface area contributed by atoms with E-state index in [1.54, 1.807) is 30.2 Å². The second kappa shape index (κ2) is 8.44. The second-order valence-corrected chi connectivity index (χ2v) is 6.41. The van der Waals surface area contributed by atoms with Crippen LogP contribution in [0.1, 0.15) is 18.1 Å². The fraction of sp³-hybridized carbons (Fsp3) is 0.318. The summed E-state index contributed by atoms with van der Waals surface area (Å²) in [5.74, 6) is 0.599. The average molecular weight is 385 g/mol. The number of rotatable bonds is 6. The summed E-state index contributed by atoms with van der Waals surface area (Å²) in [5, 5.41) is 0. The van der Waals surface area contributed by atoms with Gasteiger partial charge in [0, 0.05) is 6.54 Å². The molecule has 1 aliphatic heterocycles. The van der Waals surface area contributed by atoms with Crippen molar-refractivity contribution in [1.29, 1.82) is 0 Å². The molecule has 0 radical (unpaired) electrons. The average Bonchev–Trinajstić information content (AvgIpc) is 2.73. The van der Waals surface area contributed by atoms with Crippen molar-refractivity contribution in [1.82, 2.24) is 4.90 Å². The minimum Gasteiger partial charge on any atom is -0.493 e. The molecule has 1 heterocycles. The van der Waals surface area contributed by atoms with Crippen molar-refractivity contribution in [3.8, 4) is 11.5 Å². The van der Waals surface area contributed by atoms with Gasteiger partial charge in [-0.1, -0.05) is 24.8 Å². The van der Waals surface area contributed by atoms with Crippen molar-refractivity contribution in [2.75, 3.05) is 33.5 Å². The first kappa shape index (κ1) is 19.9. The summed E-state index contributed by atoms with van der Waals surface area (Å²) in [6.07, 6.45) is 1.29. The van der Waals surface area contributed by atoms with E-state index in [9.17, 15) is 9.18 Å². The maximum absolute atomic E-state index is 13.6. The quantitative estimate of drug-likeness (QED) is 0.714. The molecule has 1 atom stereocenters. The fourth-order valence-corrected chi connectivity index (χ4v) is 3.63. The van der Waals surface area contributed by atoms with E-state index in [0.29, 0.717) is 31.3 Å². The normalized spacial score (nSPS) is 19.2. The molecule has 0 aromatic heterocycles. The highest BCUT2D eigenvalue weighted by Gasteiger charge is 2.45. The number of ether oxygens (including phenoxy) is 3. The molecule has 0 spiro atoms. The van der Waals surface area contributed by atoms with Crippen molar-refractivity contribution in [3.05, 3.63) is 72.1 Å². The molecule has 1 saturated heterocycles. The molecule has 1 fully saturated rings. The molecule has 1 aliphatic rings. The first-order valence-electron chi connectivity index (χ1n) is 9.16. The zero-order chi connectivity index (χ0) is 20.1. The number of carbonyl (C=O) groups excluding carboxylic acids is 1. The summed E-state index contributed by atoms with van der Waals surface area (Å²) in [4.78, 5) is 14.5. The predicted octanol–water partition coefficient (Wildman–Crippen LogP) is 3.52. The number of benzene rings is 2. The van der Waals surface area contributed by atoms with Gasteiger partial charge in [0.1, 0.15) is 11.4 Å². The summed E-state index contributed by atoms with van der Waals surface area (Å²) < 4.78 is 30.5. The van der Waals surface area contributed by atoms with E-state index >= 15 is 0 Å². The number of hydrogen-bond acceptors (Lipinski definition) is 4. The van der Waals surface area contributed by atoms with Crippen LogP contribution in [0.2, 0.25) is 0 Å². The van der Waals surface area contributed by atoms with Gasteiger partial charge in [-0.15, -0.1) is 0 Å². The number of amides is 1. The Balaban J connectivity index is 2.24. The zero-order valence-corrected chi connectivity index (χ0v) is 16.1. The van der Waals surface area contributed by atoms with E-state index in [1.807, 2.05) is 19.1 Å². The molecular weight excluding hydrogens is 361 g/mol. The second-order valence-electron chi connectivity index (χ2n) is 6.41. The lowest BCUT2D eigenvalue weighted by Gasteiger charge is -2.47. The summed E-state index contributed by atoms with van der Waals surface area (Å²) in [6.45, 7) is 7.03. The van der Waals surface area contributed by atoms with Crippen molar-refractivity contribution in [2.45, 2.75) is 12.5 Å². The Bertz CT molecular complexity index is 852. The Kier molecular flexibility index (Phi) is 5.99. The molecule has 3 rings (SSSR count). The Morgan fingerprint density at radius 2 is 1.96 bits per heavy atom. The molecule has 1 unspecified atom stereocenters. The van der Waals surface area contributed by atoms with Crippen LogP contribution in [0.25, 0.3) is 0 Å². The van der Waals surface area contributed by atoms with Gasteiger partial charge in [0.15, 0.2) is 11.5 Å². The van der Waals surface area contributed by atoms with Crippen LogP contribution in [0, 0.1) is 5.82 Å². The molecule has 0 bridgehead atoms. The lowest BCUT2D eigenvalue weighted by atomic mass is 9.80. The number of halogens is 1. The first-order valence-corrected chi connectivity index (χ1v) is 9.16. The Morgan fingerprint density at radius 1 is 1.25 bits per heavy atom. The summed E-state index contributed by atoms with van der Waals surface area (Å²) in [5.41, 5.74) is 0.602.